The molecule has 54 heavy (non-hydrogen) atoms. The van der Waals surface area contributed by atoms with Gasteiger partial charge in [0.15, 0.2) is 24.0 Å². The van der Waals surface area contributed by atoms with Gasteiger partial charge in [-0.15, -0.1) is 0 Å². The highest BCUT2D eigenvalue weighted by Crippen LogP contribution is 2.47. The Morgan fingerprint density at radius 3 is 2.20 bits per heavy atom. The van der Waals surface area contributed by atoms with E-state index in [1.54, 1.807) is 34.6 Å². The quantitative estimate of drug-likeness (QED) is 0.276. The van der Waals surface area contributed by atoms with Gasteiger partial charge in [-0.05, 0) is 88.3 Å². The third kappa shape index (κ3) is 8.73. The van der Waals surface area contributed by atoms with Crippen LogP contribution in [0.3, 0.4) is 0 Å². The number of fused-ring (bicyclic) bond motifs is 2. The normalized spacial score (nSPS) is 45.5. The van der Waals surface area contributed by atoms with E-state index >= 15 is 0 Å². The highest BCUT2D eigenvalue weighted by atomic mass is 16.7. The number of cyclic esters (lactones) is 1. The predicted molar refractivity (Wildman–Crippen MR) is 198 cm³/mol. The van der Waals surface area contributed by atoms with E-state index in [0.29, 0.717) is 18.6 Å². The monoisotopic (exact) mass is 771 g/mol. The molecule has 0 aromatic heterocycles. The van der Waals surface area contributed by atoms with Gasteiger partial charge in [-0.1, -0.05) is 6.92 Å². The minimum Gasteiger partial charge on any atom is -0.488 e. The van der Waals surface area contributed by atoms with Gasteiger partial charge >= 0.3 is 5.97 Å². The molecule has 0 aromatic carbocycles. The third-order valence-corrected chi connectivity index (χ3v) is 12.8. The summed E-state index contributed by atoms with van der Waals surface area (Å²) in [7, 11) is 4.87. The molecular weight excluding hydrogens is 702 g/mol. The Kier molecular flexibility index (Phi) is 14.5. The minimum atomic E-state index is -1.63. The van der Waals surface area contributed by atoms with Gasteiger partial charge in [0.05, 0.1) is 35.7 Å². The highest BCUT2D eigenvalue weighted by molar-refractivity contribution is 5.92. The average molecular weight is 772 g/mol. The number of carbonyl (C=O) groups excluding carboxylic acids is 2. The van der Waals surface area contributed by atoms with Crippen LogP contribution in [0.5, 0.6) is 0 Å². The van der Waals surface area contributed by atoms with Crippen LogP contribution < -0.4 is 0 Å². The average Bonchev–Trinajstić information content (AvgIpc) is 3.44. The van der Waals surface area contributed by atoms with Crippen molar-refractivity contribution in [1.29, 1.82) is 0 Å². The summed E-state index contributed by atoms with van der Waals surface area (Å²) >= 11 is 0. The van der Waals surface area contributed by atoms with Crippen LogP contribution in [0.4, 0.5) is 0 Å². The molecule has 3 fully saturated rings. The Bertz CT molecular complexity index is 1340. The maximum absolute atomic E-state index is 14.4. The molecule has 3 N–H and O–H groups in total. The van der Waals surface area contributed by atoms with Crippen LogP contribution >= 0.6 is 0 Å². The molecule has 14 nitrogen and oxygen atoms in total. The molecule has 14 heteroatoms. The fraction of sp³-hybridized carbons (Fsp3) is 0.900. The van der Waals surface area contributed by atoms with Gasteiger partial charge in [0.25, 0.3) is 0 Å². The third-order valence-electron chi connectivity index (χ3n) is 12.8. The van der Waals surface area contributed by atoms with Gasteiger partial charge in [-0.3, -0.25) is 14.5 Å². The number of likely N-dealkylation sites (N-methyl/N-ethyl adjacent to an activating group) is 1. The molecule has 3 saturated heterocycles. The van der Waals surface area contributed by atoms with E-state index in [9.17, 15) is 24.9 Å². The number of nitrogens with zero attached hydrogens (tertiary/aromatic N) is 1. The first-order valence-corrected chi connectivity index (χ1v) is 19.6. The molecule has 0 saturated carbocycles. The van der Waals surface area contributed by atoms with Crippen molar-refractivity contribution in [3.8, 4) is 0 Å². The number of aliphatic hydroxyl groups excluding tert-OH is 3. The number of ether oxygens (including phenoxy) is 8. The molecule has 4 aliphatic heterocycles. The lowest BCUT2D eigenvalue weighted by atomic mass is 9.79. The van der Waals surface area contributed by atoms with E-state index in [1.807, 2.05) is 34.7 Å². The molecule has 16 atom stereocenters. The number of hydrogen-bond acceptors (Lipinski definition) is 14. The van der Waals surface area contributed by atoms with E-state index in [1.165, 1.54) is 14.2 Å². The summed E-state index contributed by atoms with van der Waals surface area (Å²) in [5, 5.41) is 32.9. The SMILES string of the molecule is CO[C@]1(C)C[C@H](O[C@H]2[C@H](C)[C@@H](O[C@@H]3O[C@H](C)C[C@H](N(C)C(C)C)[C@H]3O)[C@@]3(C)CC(C)=C(O3)[C@H](C)C(=O)[C@](C)(OC)[C@@H](CCO)OC(=O)[C@@H]2C)O[C@@H](C)[C@@H]1O. The molecule has 0 aliphatic carbocycles. The highest BCUT2D eigenvalue weighted by Gasteiger charge is 2.56. The van der Waals surface area contributed by atoms with E-state index in [4.69, 9.17) is 37.9 Å². The zero-order valence-electron chi connectivity index (χ0n) is 35.0. The zero-order chi connectivity index (χ0) is 40.7. The molecule has 0 amide bonds. The first-order chi connectivity index (χ1) is 25.1. The van der Waals surface area contributed by atoms with Crippen molar-refractivity contribution in [2.45, 2.75) is 186 Å². The first-order valence-electron chi connectivity index (χ1n) is 19.6. The van der Waals surface area contributed by atoms with Crippen molar-refractivity contribution >= 4 is 11.8 Å². The lowest BCUT2D eigenvalue weighted by Gasteiger charge is -2.49. The zero-order valence-corrected chi connectivity index (χ0v) is 35.0. The second-order valence-corrected chi connectivity index (χ2v) is 17.2. The minimum absolute atomic E-state index is 0.0565. The number of hydrogen-bond donors (Lipinski definition) is 3. The van der Waals surface area contributed by atoms with Crippen LogP contribution in [0, 0.1) is 17.8 Å². The molecule has 4 heterocycles. The van der Waals surface area contributed by atoms with Crippen molar-refractivity contribution in [2.24, 2.45) is 17.8 Å². The van der Waals surface area contributed by atoms with Crippen molar-refractivity contribution < 1.29 is 62.8 Å². The summed E-state index contributed by atoms with van der Waals surface area (Å²) in [6, 6.07) is -0.115. The second-order valence-electron chi connectivity index (χ2n) is 17.2. The van der Waals surface area contributed by atoms with Gasteiger partial charge in [-0.2, -0.15) is 0 Å². The standard InChI is InChI=1S/C40H69NO13/c1-20(2)41(12)27-17-22(4)49-37(30(27)43)53-35-24(6)32(52-29-19-38(9,47-13)34(45)26(8)50-29)25(7)36(46)51-28(15-16-42)40(11,48-14)33(44)23(5)31-21(3)18-39(35,10)54-31/h20,22-30,32,34-35,37,42-43,45H,15-19H2,1-14H3/t22-,23+,24+,25-,26+,27+,28-,29+,30-,32+,34+,35-,37+,38-,39-,40-/m1/s1. The topological polar surface area (TPSA) is 172 Å². The Labute approximate surface area is 322 Å². The molecular formula is C40H69NO13. The van der Waals surface area contributed by atoms with Crippen LogP contribution in [0.25, 0.3) is 0 Å². The molecule has 0 spiro atoms. The van der Waals surface area contributed by atoms with Crippen molar-refractivity contribution in [3.63, 3.8) is 0 Å². The number of allylic oxidation sites excluding steroid dienone is 1. The molecule has 312 valence electrons. The Hall–Kier alpha value is -1.72. The Morgan fingerprint density at radius 1 is 0.981 bits per heavy atom. The predicted octanol–water partition coefficient (Wildman–Crippen LogP) is 3.51. The largest absolute Gasteiger partial charge is 0.488 e. The van der Waals surface area contributed by atoms with E-state index in [-0.39, 0.29) is 43.4 Å². The van der Waals surface area contributed by atoms with E-state index < -0.39 is 89.7 Å². The number of rotatable bonds is 10. The Morgan fingerprint density at radius 2 is 1.63 bits per heavy atom. The molecule has 4 aliphatic rings. The number of carbonyl (C=O) groups is 2. The van der Waals surface area contributed by atoms with Crippen LogP contribution in [-0.4, -0.2) is 144 Å². The molecule has 2 bridgehead atoms. The maximum atomic E-state index is 14.4. The van der Waals surface area contributed by atoms with Crippen molar-refractivity contribution in [1.82, 2.24) is 4.90 Å². The maximum Gasteiger partial charge on any atom is 0.311 e. The van der Waals surface area contributed by atoms with E-state index in [2.05, 4.69) is 18.7 Å². The summed E-state index contributed by atoms with van der Waals surface area (Å²) in [4.78, 5) is 30.9. The molecule has 0 unspecified atom stereocenters. The van der Waals surface area contributed by atoms with Crippen molar-refractivity contribution in [3.05, 3.63) is 11.3 Å². The van der Waals surface area contributed by atoms with Crippen molar-refractivity contribution in [2.75, 3.05) is 27.9 Å². The van der Waals surface area contributed by atoms with Crippen LogP contribution in [0.1, 0.15) is 102 Å². The summed E-state index contributed by atoms with van der Waals surface area (Å²) in [6.07, 6.45) is -6.81. The van der Waals surface area contributed by atoms with Gasteiger partial charge in [0.1, 0.15) is 35.8 Å². The second kappa shape index (κ2) is 17.4. The van der Waals surface area contributed by atoms with Crippen LogP contribution in [-0.2, 0) is 47.5 Å². The number of esters is 1. The van der Waals surface area contributed by atoms with Gasteiger partial charge in [0, 0.05) is 58.1 Å². The lowest BCUT2D eigenvalue weighted by Crippen LogP contribution is -2.61. The number of aliphatic hydroxyl groups is 3. The van der Waals surface area contributed by atoms with Gasteiger partial charge < -0.3 is 53.2 Å². The molecule has 4 rings (SSSR count). The number of methoxy groups -OCH3 is 2. The molecule has 0 aromatic rings. The van der Waals surface area contributed by atoms with Gasteiger partial charge in [0.2, 0.25) is 0 Å². The smallest absolute Gasteiger partial charge is 0.311 e. The van der Waals surface area contributed by atoms with E-state index in [0.717, 1.165) is 5.57 Å². The fourth-order valence-electron chi connectivity index (χ4n) is 9.03. The number of Topliss-reactive ketones (excluding diaryl/α,β-unsaturated/α-hetero) is 1. The lowest BCUT2D eigenvalue weighted by molar-refractivity contribution is -0.317. The van der Waals surface area contributed by atoms with Gasteiger partial charge in [-0.25, -0.2) is 0 Å². The summed E-state index contributed by atoms with van der Waals surface area (Å²) < 4.78 is 50.9. The first kappa shape index (κ1) is 45.0. The summed E-state index contributed by atoms with van der Waals surface area (Å²) in [5.41, 5.74) is -2.94. The number of ketones is 1. The summed E-state index contributed by atoms with van der Waals surface area (Å²) in [5.74, 6) is -3.06. The van der Waals surface area contributed by atoms with Crippen LogP contribution in [0.2, 0.25) is 0 Å². The summed E-state index contributed by atoms with van der Waals surface area (Å²) in [6.45, 7) is 19.9. The fourth-order valence-corrected chi connectivity index (χ4v) is 9.03. The van der Waals surface area contributed by atoms with Crippen LogP contribution in [0.15, 0.2) is 11.3 Å². The molecule has 0 radical (unpaired) electrons. The Balaban J connectivity index is 1.87.